The molecule has 1 aliphatic carbocycles. The van der Waals surface area contributed by atoms with Gasteiger partial charge >= 0.3 is 6.03 Å². The highest BCUT2D eigenvalue weighted by Gasteiger charge is 2.42. The van der Waals surface area contributed by atoms with Crippen LogP contribution in [-0.4, -0.2) is 24.3 Å². The fourth-order valence-corrected chi connectivity index (χ4v) is 2.06. The van der Waals surface area contributed by atoms with Crippen LogP contribution in [0, 0.1) is 5.41 Å². The fourth-order valence-electron chi connectivity index (χ4n) is 2.06. The van der Waals surface area contributed by atoms with Crippen LogP contribution in [0.5, 0.6) is 0 Å². The van der Waals surface area contributed by atoms with E-state index in [4.69, 9.17) is 0 Å². The standard InChI is InChI=1S/C16H24N2O2/c1-15(2,3)12-4-6-13(7-5-12)18-14(20)17-10-16(11-19)8-9-16/h4-7,19H,8-11H2,1-3H3,(H2,17,18,20). The van der Waals surface area contributed by atoms with Gasteiger partial charge in [-0.15, -0.1) is 0 Å². The van der Waals surface area contributed by atoms with Crippen LogP contribution in [0.2, 0.25) is 0 Å². The van der Waals surface area contributed by atoms with Gasteiger partial charge in [0.25, 0.3) is 0 Å². The maximum atomic E-state index is 11.8. The van der Waals surface area contributed by atoms with Gasteiger partial charge in [0.05, 0.1) is 6.61 Å². The van der Waals surface area contributed by atoms with Gasteiger partial charge in [-0.25, -0.2) is 4.79 Å². The molecule has 0 bridgehead atoms. The lowest BCUT2D eigenvalue weighted by Crippen LogP contribution is -2.35. The second-order valence-corrected chi connectivity index (χ2v) is 6.79. The largest absolute Gasteiger partial charge is 0.396 e. The molecule has 3 N–H and O–H groups in total. The molecule has 0 radical (unpaired) electrons. The van der Waals surface area contributed by atoms with E-state index in [1.165, 1.54) is 5.56 Å². The van der Waals surface area contributed by atoms with E-state index < -0.39 is 0 Å². The highest BCUT2D eigenvalue weighted by atomic mass is 16.3. The maximum Gasteiger partial charge on any atom is 0.319 e. The SMILES string of the molecule is CC(C)(C)c1ccc(NC(=O)NCC2(CO)CC2)cc1. The van der Waals surface area contributed by atoms with Crippen molar-refractivity contribution in [3.05, 3.63) is 29.8 Å². The molecule has 0 atom stereocenters. The fraction of sp³-hybridized carbons (Fsp3) is 0.562. The Bertz CT molecular complexity index is 470. The summed E-state index contributed by atoms with van der Waals surface area (Å²) in [5.74, 6) is 0. The average Bonchev–Trinajstić information content (AvgIpc) is 3.17. The minimum atomic E-state index is -0.215. The lowest BCUT2D eigenvalue weighted by molar-refractivity contribution is 0.206. The molecule has 4 heteroatoms. The summed E-state index contributed by atoms with van der Waals surface area (Å²) in [6.07, 6.45) is 1.98. The van der Waals surface area contributed by atoms with E-state index in [-0.39, 0.29) is 23.5 Å². The Labute approximate surface area is 120 Å². The minimum absolute atomic E-state index is 0.0621. The van der Waals surface area contributed by atoms with Crippen molar-refractivity contribution in [2.75, 3.05) is 18.5 Å². The Hall–Kier alpha value is -1.55. The molecule has 0 saturated heterocycles. The third-order valence-electron chi connectivity index (χ3n) is 3.93. The zero-order valence-electron chi connectivity index (χ0n) is 12.5. The van der Waals surface area contributed by atoms with Crippen molar-refractivity contribution in [2.45, 2.75) is 39.0 Å². The predicted octanol–water partition coefficient (Wildman–Crippen LogP) is 2.88. The molecule has 1 aromatic rings. The Morgan fingerprint density at radius 3 is 2.30 bits per heavy atom. The van der Waals surface area contributed by atoms with Crippen molar-refractivity contribution >= 4 is 11.7 Å². The van der Waals surface area contributed by atoms with Crippen molar-refractivity contribution in [3.8, 4) is 0 Å². The summed E-state index contributed by atoms with van der Waals surface area (Å²) in [6.45, 7) is 7.16. The molecule has 0 heterocycles. The van der Waals surface area contributed by atoms with E-state index in [0.717, 1.165) is 18.5 Å². The normalized spacial score (nSPS) is 16.6. The van der Waals surface area contributed by atoms with E-state index in [1.807, 2.05) is 24.3 Å². The van der Waals surface area contributed by atoms with Gasteiger partial charge in [-0.3, -0.25) is 0 Å². The van der Waals surface area contributed by atoms with Gasteiger partial charge < -0.3 is 15.7 Å². The molecule has 1 aromatic carbocycles. The molecule has 20 heavy (non-hydrogen) atoms. The first-order valence-corrected chi connectivity index (χ1v) is 7.11. The van der Waals surface area contributed by atoms with Gasteiger partial charge in [0.2, 0.25) is 0 Å². The van der Waals surface area contributed by atoms with E-state index in [0.29, 0.717) is 6.54 Å². The first-order valence-electron chi connectivity index (χ1n) is 7.11. The molecule has 0 unspecified atom stereocenters. The number of nitrogens with one attached hydrogen (secondary N) is 2. The second-order valence-electron chi connectivity index (χ2n) is 6.79. The predicted molar refractivity (Wildman–Crippen MR) is 80.9 cm³/mol. The summed E-state index contributed by atoms with van der Waals surface area (Å²) >= 11 is 0. The van der Waals surface area contributed by atoms with Crippen molar-refractivity contribution < 1.29 is 9.90 Å². The van der Waals surface area contributed by atoms with Crippen LogP contribution < -0.4 is 10.6 Å². The van der Waals surface area contributed by atoms with Gasteiger partial charge in [-0.05, 0) is 36.0 Å². The highest BCUT2D eigenvalue weighted by molar-refractivity contribution is 5.89. The summed E-state index contributed by atoms with van der Waals surface area (Å²) in [5.41, 5.74) is 2.07. The number of hydrogen-bond donors (Lipinski definition) is 3. The molecule has 1 aliphatic rings. The second kappa shape index (κ2) is 5.44. The molecule has 4 nitrogen and oxygen atoms in total. The van der Waals surface area contributed by atoms with E-state index in [2.05, 4.69) is 31.4 Å². The summed E-state index contributed by atoms with van der Waals surface area (Å²) in [4.78, 5) is 11.8. The molecule has 2 amide bonds. The number of benzene rings is 1. The molecular formula is C16H24N2O2. The van der Waals surface area contributed by atoms with Crippen LogP contribution in [0.25, 0.3) is 0 Å². The summed E-state index contributed by atoms with van der Waals surface area (Å²) in [6, 6.07) is 7.68. The Morgan fingerprint density at radius 1 is 1.25 bits per heavy atom. The topological polar surface area (TPSA) is 61.4 Å². The van der Waals surface area contributed by atoms with E-state index in [1.54, 1.807) is 0 Å². The van der Waals surface area contributed by atoms with Crippen LogP contribution in [-0.2, 0) is 5.41 Å². The molecule has 2 rings (SSSR count). The van der Waals surface area contributed by atoms with E-state index >= 15 is 0 Å². The zero-order chi connectivity index (χ0) is 14.8. The van der Waals surface area contributed by atoms with Crippen molar-refractivity contribution in [2.24, 2.45) is 5.41 Å². The van der Waals surface area contributed by atoms with E-state index in [9.17, 15) is 9.90 Å². The number of urea groups is 1. The number of amides is 2. The van der Waals surface area contributed by atoms with Crippen LogP contribution >= 0.6 is 0 Å². The van der Waals surface area contributed by atoms with Gasteiger partial charge in [-0.2, -0.15) is 0 Å². The molecule has 0 spiro atoms. The quantitative estimate of drug-likeness (QED) is 0.792. The first-order chi connectivity index (χ1) is 9.35. The van der Waals surface area contributed by atoms with Crippen LogP contribution in [0.15, 0.2) is 24.3 Å². The molecule has 110 valence electrons. The first kappa shape index (κ1) is 14.9. The number of aliphatic hydroxyl groups is 1. The summed E-state index contributed by atoms with van der Waals surface area (Å²) < 4.78 is 0. The van der Waals surface area contributed by atoms with Crippen LogP contribution in [0.4, 0.5) is 10.5 Å². The number of anilines is 1. The number of hydrogen-bond acceptors (Lipinski definition) is 2. The average molecular weight is 276 g/mol. The molecule has 1 saturated carbocycles. The van der Waals surface area contributed by atoms with Crippen LogP contribution in [0.3, 0.4) is 0 Å². The monoisotopic (exact) mass is 276 g/mol. The molecule has 0 aliphatic heterocycles. The number of carbonyl (C=O) groups is 1. The van der Waals surface area contributed by atoms with Crippen molar-refractivity contribution in [3.63, 3.8) is 0 Å². The number of rotatable bonds is 4. The third kappa shape index (κ3) is 3.73. The van der Waals surface area contributed by atoms with Gasteiger partial charge in [-0.1, -0.05) is 32.9 Å². The van der Waals surface area contributed by atoms with Crippen LogP contribution in [0.1, 0.15) is 39.2 Å². The Balaban J connectivity index is 1.85. The smallest absolute Gasteiger partial charge is 0.319 e. The molecule has 0 aromatic heterocycles. The minimum Gasteiger partial charge on any atom is -0.396 e. The molecule has 1 fully saturated rings. The lowest BCUT2D eigenvalue weighted by Gasteiger charge is -2.19. The van der Waals surface area contributed by atoms with Gasteiger partial charge in [0, 0.05) is 17.6 Å². The zero-order valence-corrected chi connectivity index (χ0v) is 12.5. The maximum absolute atomic E-state index is 11.8. The summed E-state index contributed by atoms with van der Waals surface area (Å²) in [7, 11) is 0. The lowest BCUT2D eigenvalue weighted by atomic mass is 9.87. The number of aliphatic hydroxyl groups excluding tert-OH is 1. The van der Waals surface area contributed by atoms with Crippen molar-refractivity contribution in [1.82, 2.24) is 5.32 Å². The number of carbonyl (C=O) groups excluding carboxylic acids is 1. The third-order valence-corrected chi connectivity index (χ3v) is 3.93. The van der Waals surface area contributed by atoms with Gasteiger partial charge in [0.15, 0.2) is 0 Å². The summed E-state index contributed by atoms with van der Waals surface area (Å²) in [5, 5.41) is 14.8. The van der Waals surface area contributed by atoms with Crippen molar-refractivity contribution in [1.29, 1.82) is 0 Å². The Morgan fingerprint density at radius 2 is 1.85 bits per heavy atom. The van der Waals surface area contributed by atoms with Gasteiger partial charge in [0.1, 0.15) is 0 Å². The molecular weight excluding hydrogens is 252 g/mol. The Kier molecular flexibility index (Phi) is 4.04. The highest BCUT2D eigenvalue weighted by Crippen LogP contribution is 2.44.